The lowest BCUT2D eigenvalue weighted by atomic mass is 10.2. The summed E-state index contributed by atoms with van der Waals surface area (Å²) in [6, 6.07) is 7.79. The van der Waals surface area contributed by atoms with E-state index in [9.17, 15) is 4.79 Å². The number of hydrogen-bond donors (Lipinski definition) is 1. The third-order valence-electron chi connectivity index (χ3n) is 2.59. The summed E-state index contributed by atoms with van der Waals surface area (Å²) < 4.78 is 5.05. The second-order valence-electron chi connectivity index (χ2n) is 3.93. The summed E-state index contributed by atoms with van der Waals surface area (Å²) in [5.41, 5.74) is 3.09. The molecule has 0 unspecified atom stereocenters. The highest BCUT2D eigenvalue weighted by Gasteiger charge is 2.10. The number of hydrogen-bond acceptors (Lipinski definition) is 4. The van der Waals surface area contributed by atoms with Gasteiger partial charge in [0.25, 0.3) is 0 Å². The second-order valence-corrected chi connectivity index (χ2v) is 4.96. The number of carbonyl (C=O) groups is 1. The van der Waals surface area contributed by atoms with Crippen LogP contribution in [0.1, 0.15) is 16.1 Å². The molecular formula is C13H10N2O2S. The molecule has 0 aliphatic carbocycles. The van der Waals surface area contributed by atoms with E-state index < -0.39 is 0 Å². The molecule has 3 rings (SSSR count). The van der Waals surface area contributed by atoms with Crippen molar-refractivity contribution in [3.8, 4) is 0 Å². The lowest BCUT2D eigenvalue weighted by Crippen LogP contribution is -1.79. The number of rotatable bonds is 3. The maximum absolute atomic E-state index is 10.8. The molecule has 3 aromatic rings. The Morgan fingerprint density at radius 1 is 1.39 bits per heavy atom. The summed E-state index contributed by atoms with van der Waals surface area (Å²) in [6.07, 6.45) is 2.20. The zero-order chi connectivity index (χ0) is 12.5. The van der Waals surface area contributed by atoms with E-state index in [1.165, 1.54) is 23.6 Å². The van der Waals surface area contributed by atoms with Crippen molar-refractivity contribution in [2.75, 3.05) is 0 Å². The van der Waals surface area contributed by atoms with Gasteiger partial charge in [-0.2, -0.15) is 0 Å². The van der Waals surface area contributed by atoms with Crippen LogP contribution in [-0.2, 0) is 0 Å². The van der Waals surface area contributed by atoms with Gasteiger partial charge in [0.2, 0.25) is 0 Å². The highest BCUT2D eigenvalue weighted by molar-refractivity contribution is 7.99. The SMILES string of the molecule is Cc1ccc2nc(Sc3ccoc3C=O)[nH]c2c1. The lowest BCUT2D eigenvalue weighted by molar-refractivity contribution is 0.109. The fourth-order valence-corrected chi connectivity index (χ4v) is 2.57. The number of benzene rings is 1. The van der Waals surface area contributed by atoms with Crippen LogP contribution < -0.4 is 0 Å². The minimum Gasteiger partial charge on any atom is -0.460 e. The smallest absolute Gasteiger partial charge is 0.186 e. The van der Waals surface area contributed by atoms with Crippen molar-refractivity contribution in [3.05, 3.63) is 41.9 Å². The highest BCUT2D eigenvalue weighted by atomic mass is 32.2. The maximum atomic E-state index is 10.8. The third-order valence-corrected chi connectivity index (χ3v) is 3.53. The van der Waals surface area contributed by atoms with Crippen LogP contribution in [0.5, 0.6) is 0 Å². The lowest BCUT2D eigenvalue weighted by Gasteiger charge is -1.92. The Bertz CT molecular complexity index is 715. The quantitative estimate of drug-likeness (QED) is 0.731. The molecule has 0 radical (unpaired) electrons. The zero-order valence-electron chi connectivity index (χ0n) is 9.64. The van der Waals surface area contributed by atoms with Crippen LogP contribution in [0.15, 0.2) is 45.0 Å². The first kappa shape index (κ1) is 11.1. The predicted molar refractivity (Wildman–Crippen MR) is 69.0 cm³/mol. The van der Waals surface area contributed by atoms with Crippen LogP contribution >= 0.6 is 11.8 Å². The molecule has 0 aliphatic rings. The van der Waals surface area contributed by atoms with E-state index in [-0.39, 0.29) is 0 Å². The van der Waals surface area contributed by atoms with Crippen molar-refractivity contribution in [1.82, 2.24) is 9.97 Å². The molecule has 2 heterocycles. The fraction of sp³-hybridized carbons (Fsp3) is 0.0769. The fourth-order valence-electron chi connectivity index (χ4n) is 1.73. The first-order valence-corrected chi connectivity index (χ1v) is 6.25. The second kappa shape index (κ2) is 4.34. The van der Waals surface area contributed by atoms with Gasteiger partial charge >= 0.3 is 0 Å². The van der Waals surface area contributed by atoms with Crippen molar-refractivity contribution >= 4 is 29.1 Å². The Balaban J connectivity index is 1.98. The number of fused-ring (bicyclic) bond motifs is 1. The van der Waals surface area contributed by atoms with Crippen molar-refractivity contribution in [2.24, 2.45) is 0 Å². The normalized spacial score (nSPS) is 10.9. The molecule has 90 valence electrons. The van der Waals surface area contributed by atoms with E-state index in [2.05, 4.69) is 9.97 Å². The predicted octanol–water partition coefficient (Wildman–Crippen LogP) is 3.43. The molecule has 0 saturated carbocycles. The zero-order valence-corrected chi connectivity index (χ0v) is 10.5. The molecule has 0 fully saturated rings. The largest absolute Gasteiger partial charge is 0.460 e. The van der Waals surface area contributed by atoms with Gasteiger partial charge in [0.05, 0.1) is 22.2 Å². The van der Waals surface area contributed by atoms with E-state index in [1.807, 2.05) is 25.1 Å². The Labute approximate surface area is 107 Å². The van der Waals surface area contributed by atoms with Gasteiger partial charge < -0.3 is 9.40 Å². The minimum atomic E-state index is 0.330. The van der Waals surface area contributed by atoms with Crippen molar-refractivity contribution in [2.45, 2.75) is 17.0 Å². The van der Waals surface area contributed by atoms with E-state index >= 15 is 0 Å². The molecule has 0 bridgehead atoms. The molecule has 4 nitrogen and oxygen atoms in total. The number of aromatic amines is 1. The molecule has 18 heavy (non-hydrogen) atoms. The van der Waals surface area contributed by atoms with E-state index in [0.717, 1.165) is 21.1 Å². The maximum Gasteiger partial charge on any atom is 0.186 e. The Morgan fingerprint density at radius 3 is 3.11 bits per heavy atom. The van der Waals surface area contributed by atoms with Gasteiger partial charge in [-0.05, 0) is 42.4 Å². The number of nitrogens with one attached hydrogen (secondary N) is 1. The summed E-state index contributed by atoms with van der Waals surface area (Å²) in [7, 11) is 0. The molecule has 1 N–H and O–H groups in total. The van der Waals surface area contributed by atoms with E-state index in [1.54, 1.807) is 6.07 Å². The van der Waals surface area contributed by atoms with Crippen molar-refractivity contribution in [1.29, 1.82) is 0 Å². The number of aldehydes is 1. The van der Waals surface area contributed by atoms with Crippen LogP contribution in [0, 0.1) is 6.92 Å². The summed E-state index contributed by atoms with van der Waals surface area (Å²) in [5.74, 6) is 0.330. The van der Waals surface area contributed by atoms with Gasteiger partial charge in [-0.3, -0.25) is 4.79 Å². The van der Waals surface area contributed by atoms with E-state index in [0.29, 0.717) is 12.0 Å². The first-order chi connectivity index (χ1) is 8.76. The number of carbonyl (C=O) groups excluding carboxylic acids is 1. The molecule has 0 amide bonds. The molecule has 1 aromatic carbocycles. The van der Waals surface area contributed by atoms with Crippen LogP contribution in [0.4, 0.5) is 0 Å². The van der Waals surface area contributed by atoms with Gasteiger partial charge in [-0.25, -0.2) is 4.98 Å². The van der Waals surface area contributed by atoms with Gasteiger partial charge in [0, 0.05) is 0 Å². The van der Waals surface area contributed by atoms with E-state index in [4.69, 9.17) is 4.42 Å². The Hall–Kier alpha value is -2.01. The average Bonchev–Trinajstić information content (AvgIpc) is 2.94. The van der Waals surface area contributed by atoms with Crippen LogP contribution in [0.25, 0.3) is 11.0 Å². The van der Waals surface area contributed by atoms with Crippen LogP contribution in [-0.4, -0.2) is 16.3 Å². The van der Waals surface area contributed by atoms with Crippen molar-refractivity contribution in [3.63, 3.8) is 0 Å². The minimum absolute atomic E-state index is 0.330. The third kappa shape index (κ3) is 1.93. The number of aryl methyl sites for hydroxylation is 1. The number of nitrogens with zero attached hydrogens (tertiary/aromatic N) is 1. The van der Waals surface area contributed by atoms with Gasteiger partial charge in [-0.15, -0.1) is 0 Å². The highest BCUT2D eigenvalue weighted by Crippen LogP contribution is 2.30. The van der Waals surface area contributed by atoms with Gasteiger partial charge in [0.15, 0.2) is 17.2 Å². The van der Waals surface area contributed by atoms with Gasteiger partial charge in [-0.1, -0.05) is 6.07 Å². The topological polar surface area (TPSA) is 58.9 Å². The molecule has 0 spiro atoms. The molecule has 5 heteroatoms. The van der Waals surface area contributed by atoms with Crippen molar-refractivity contribution < 1.29 is 9.21 Å². The summed E-state index contributed by atoms with van der Waals surface area (Å²) in [5, 5.41) is 0.750. The first-order valence-electron chi connectivity index (χ1n) is 5.43. The average molecular weight is 258 g/mol. The van der Waals surface area contributed by atoms with Gasteiger partial charge in [0.1, 0.15) is 0 Å². The van der Waals surface area contributed by atoms with Crippen LogP contribution in [0.3, 0.4) is 0 Å². The Kier molecular flexibility index (Phi) is 2.68. The standard InChI is InChI=1S/C13H10N2O2S/c1-8-2-3-9-10(6-8)15-13(14-9)18-12-4-5-17-11(12)7-16/h2-7H,1H3,(H,14,15). The summed E-state index contributed by atoms with van der Waals surface area (Å²) in [6.45, 7) is 2.04. The monoisotopic (exact) mass is 258 g/mol. The molecule has 2 aromatic heterocycles. The molecular weight excluding hydrogens is 248 g/mol. The molecule has 0 aliphatic heterocycles. The molecule has 0 saturated heterocycles. The molecule has 0 atom stereocenters. The Morgan fingerprint density at radius 2 is 2.28 bits per heavy atom. The van der Waals surface area contributed by atoms with Crippen LogP contribution in [0.2, 0.25) is 0 Å². The number of furan rings is 1. The number of H-pyrrole nitrogens is 1. The number of imidazole rings is 1. The summed E-state index contributed by atoms with van der Waals surface area (Å²) in [4.78, 5) is 19.2. The number of aromatic nitrogens is 2. The summed E-state index contributed by atoms with van der Waals surface area (Å²) >= 11 is 1.39.